The van der Waals surface area contributed by atoms with Gasteiger partial charge in [0, 0.05) is 29.3 Å². The summed E-state index contributed by atoms with van der Waals surface area (Å²) in [6, 6.07) is 5.35. The second kappa shape index (κ2) is 7.92. The van der Waals surface area contributed by atoms with Crippen LogP contribution in [0, 0.1) is 0 Å². The number of carbonyl (C=O) groups is 2. The Morgan fingerprint density at radius 2 is 1.89 bits per heavy atom. The Morgan fingerprint density at radius 1 is 1.14 bits per heavy atom. The predicted molar refractivity (Wildman–Crippen MR) is 109 cm³/mol. The number of halogens is 2. The molecule has 4 rings (SSSR count). The van der Waals surface area contributed by atoms with Crippen LogP contribution in [0.25, 0.3) is 0 Å². The van der Waals surface area contributed by atoms with Crippen LogP contribution in [0.4, 0.5) is 0 Å². The third kappa shape index (κ3) is 3.48. The van der Waals surface area contributed by atoms with Crippen LogP contribution in [0.5, 0.6) is 0 Å². The highest BCUT2D eigenvalue weighted by atomic mass is 35.5. The minimum absolute atomic E-state index is 0.0495. The number of carbonyl (C=O) groups excluding carboxylic acids is 2. The fourth-order valence-electron chi connectivity index (χ4n) is 4.53. The molecule has 0 aromatic heterocycles. The van der Waals surface area contributed by atoms with Crippen molar-refractivity contribution < 1.29 is 14.3 Å². The van der Waals surface area contributed by atoms with Crippen molar-refractivity contribution in [1.29, 1.82) is 0 Å². The van der Waals surface area contributed by atoms with Crippen molar-refractivity contribution in [1.82, 2.24) is 5.32 Å². The number of benzene rings is 1. The number of hydrogen-bond donors (Lipinski definition) is 1. The number of ketones is 1. The monoisotopic (exact) mass is 419 g/mol. The number of ether oxygens (including phenoxy) is 1. The van der Waals surface area contributed by atoms with Gasteiger partial charge in [-0.1, -0.05) is 35.3 Å². The molecule has 6 heteroatoms. The molecule has 1 saturated carbocycles. The molecule has 1 fully saturated rings. The number of allylic oxidation sites excluding steroid dienone is 3. The molecule has 0 bridgehead atoms. The van der Waals surface area contributed by atoms with Crippen LogP contribution in [0.2, 0.25) is 10.0 Å². The Kier molecular flexibility index (Phi) is 5.52. The van der Waals surface area contributed by atoms with Crippen LogP contribution in [-0.2, 0) is 14.3 Å². The molecule has 0 saturated heterocycles. The van der Waals surface area contributed by atoms with Gasteiger partial charge in [-0.3, -0.25) is 4.79 Å². The van der Waals surface area contributed by atoms with Crippen LogP contribution >= 0.6 is 23.2 Å². The van der Waals surface area contributed by atoms with E-state index in [1.54, 1.807) is 12.1 Å². The summed E-state index contributed by atoms with van der Waals surface area (Å²) in [5, 5.41) is 4.08. The Balaban J connectivity index is 1.81. The first-order valence-corrected chi connectivity index (χ1v) is 10.6. The molecule has 0 amide bonds. The van der Waals surface area contributed by atoms with Gasteiger partial charge in [-0.25, -0.2) is 4.79 Å². The van der Waals surface area contributed by atoms with Gasteiger partial charge in [-0.15, -0.1) is 0 Å². The summed E-state index contributed by atoms with van der Waals surface area (Å²) in [6.45, 7) is 1.86. The number of esters is 1. The second-order valence-electron chi connectivity index (χ2n) is 7.72. The average Bonchev–Trinajstić information content (AvgIpc) is 3.16. The van der Waals surface area contributed by atoms with Gasteiger partial charge in [0.05, 0.1) is 15.6 Å². The van der Waals surface area contributed by atoms with E-state index in [1.165, 1.54) is 0 Å². The van der Waals surface area contributed by atoms with Gasteiger partial charge in [-0.05, 0) is 57.1 Å². The van der Waals surface area contributed by atoms with Gasteiger partial charge in [0.25, 0.3) is 0 Å². The highest BCUT2D eigenvalue weighted by Gasteiger charge is 2.40. The summed E-state index contributed by atoms with van der Waals surface area (Å²) < 4.78 is 5.81. The minimum Gasteiger partial charge on any atom is -0.459 e. The summed E-state index contributed by atoms with van der Waals surface area (Å²) in [7, 11) is 0. The van der Waals surface area contributed by atoms with E-state index in [1.807, 2.05) is 13.0 Å². The normalized spacial score (nSPS) is 23.0. The zero-order valence-corrected chi connectivity index (χ0v) is 17.3. The van der Waals surface area contributed by atoms with Crippen molar-refractivity contribution in [3.05, 3.63) is 56.3 Å². The van der Waals surface area contributed by atoms with Crippen molar-refractivity contribution in [3.63, 3.8) is 0 Å². The summed E-state index contributed by atoms with van der Waals surface area (Å²) in [4.78, 5) is 26.1. The molecule has 1 aromatic rings. The zero-order chi connectivity index (χ0) is 19.8. The lowest BCUT2D eigenvalue weighted by Crippen LogP contribution is -2.35. The third-order valence-electron chi connectivity index (χ3n) is 5.86. The van der Waals surface area contributed by atoms with Gasteiger partial charge >= 0.3 is 5.97 Å². The van der Waals surface area contributed by atoms with Crippen molar-refractivity contribution in [2.75, 3.05) is 0 Å². The number of hydrogen-bond acceptors (Lipinski definition) is 4. The van der Waals surface area contributed by atoms with E-state index in [9.17, 15) is 9.59 Å². The van der Waals surface area contributed by atoms with Crippen molar-refractivity contribution in [3.8, 4) is 0 Å². The highest BCUT2D eigenvalue weighted by molar-refractivity contribution is 6.42. The molecule has 1 N–H and O–H groups in total. The molecule has 1 atom stereocenters. The molecular weight excluding hydrogens is 397 g/mol. The summed E-state index contributed by atoms with van der Waals surface area (Å²) in [5.74, 6) is -0.875. The standard InChI is InChI=1S/C22H23Cl2NO3/c1-12-18(22(27)28-13-6-2-3-7-13)19(14-8-4-9-15(23)21(14)24)20-16(25-12)10-5-11-17(20)26/h4,8-9,13,19,25H,2-3,5-7,10-11H2,1H3/t19-/m0/s1. The maximum atomic E-state index is 13.2. The number of rotatable bonds is 3. The second-order valence-corrected chi connectivity index (χ2v) is 8.51. The number of nitrogens with one attached hydrogen (secondary N) is 1. The summed E-state index contributed by atoms with van der Waals surface area (Å²) >= 11 is 12.8. The third-order valence-corrected chi connectivity index (χ3v) is 6.70. The van der Waals surface area contributed by atoms with Crippen molar-refractivity contribution in [2.45, 2.75) is 63.9 Å². The first-order chi connectivity index (χ1) is 13.5. The van der Waals surface area contributed by atoms with E-state index < -0.39 is 5.92 Å². The molecule has 3 aliphatic rings. The molecule has 0 unspecified atom stereocenters. The van der Waals surface area contributed by atoms with E-state index >= 15 is 0 Å². The molecule has 148 valence electrons. The van der Waals surface area contributed by atoms with Crippen LogP contribution < -0.4 is 5.32 Å². The minimum atomic E-state index is -0.552. The molecule has 1 aliphatic heterocycles. The van der Waals surface area contributed by atoms with E-state index in [4.69, 9.17) is 27.9 Å². The lowest BCUT2D eigenvalue weighted by atomic mass is 9.75. The van der Waals surface area contributed by atoms with Crippen LogP contribution in [-0.4, -0.2) is 17.9 Å². The molecule has 0 spiro atoms. The zero-order valence-electron chi connectivity index (χ0n) is 15.8. The van der Waals surface area contributed by atoms with Crippen LogP contribution in [0.3, 0.4) is 0 Å². The first-order valence-electron chi connectivity index (χ1n) is 9.86. The predicted octanol–water partition coefficient (Wildman–Crippen LogP) is 5.45. The largest absolute Gasteiger partial charge is 0.459 e. The molecule has 0 radical (unpaired) electrons. The lowest BCUT2D eigenvalue weighted by Gasteiger charge is -2.35. The Labute approximate surface area is 174 Å². The Bertz CT molecular complexity index is 897. The number of dihydropyridines is 1. The van der Waals surface area contributed by atoms with Gasteiger partial charge in [0.1, 0.15) is 6.10 Å². The molecule has 2 aliphatic carbocycles. The van der Waals surface area contributed by atoms with E-state index in [-0.39, 0.29) is 17.9 Å². The van der Waals surface area contributed by atoms with Crippen molar-refractivity contribution in [2.24, 2.45) is 0 Å². The van der Waals surface area contributed by atoms with E-state index in [2.05, 4.69) is 5.32 Å². The van der Waals surface area contributed by atoms with Gasteiger partial charge < -0.3 is 10.1 Å². The quantitative estimate of drug-likeness (QED) is 0.661. The smallest absolute Gasteiger partial charge is 0.337 e. The summed E-state index contributed by atoms with van der Waals surface area (Å²) in [5.41, 5.74) is 3.37. The highest BCUT2D eigenvalue weighted by Crippen LogP contribution is 2.46. The molecule has 1 aromatic carbocycles. The fraction of sp³-hybridized carbons (Fsp3) is 0.455. The number of Topliss-reactive ketones (excluding diaryl/α,β-unsaturated/α-hetero) is 1. The average molecular weight is 420 g/mol. The maximum Gasteiger partial charge on any atom is 0.337 e. The molecule has 28 heavy (non-hydrogen) atoms. The van der Waals surface area contributed by atoms with E-state index in [0.717, 1.165) is 49.9 Å². The Morgan fingerprint density at radius 3 is 2.64 bits per heavy atom. The molecule has 4 nitrogen and oxygen atoms in total. The topological polar surface area (TPSA) is 55.4 Å². The van der Waals surface area contributed by atoms with Gasteiger partial charge in [0.15, 0.2) is 5.78 Å². The van der Waals surface area contributed by atoms with Gasteiger partial charge in [-0.2, -0.15) is 0 Å². The lowest BCUT2D eigenvalue weighted by molar-refractivity contribution is -0.144. The summed E-state index contributed by atoms with van der Waals surface area (Å²) in [6.07, 6.45) is 5.92. The Hall–Kier alpha value is -1.78. The van der Waals surface area contributed by atoms with Gasteiger partial charge in [0.2, 0.25) is 0 Å². The molecule has 1 heterocycles. The van der Waals surface area contributed by atoms with Crippen molar-refractivity contribution >= 4 is 35.0 Å². The first kappa shape index (κ1) is 19.5. The van der Waals surface area contributed by atoms with E-state index in [0.29, 0.717) is 33.2 Å². The maximum absolute atomic E-state index is 13.2. The molecular formula is C22H23Cl2NO3. The SMILES string of the molecule is CC1=C(C(=O)OC2CCCC2)[C@H](c2cccc(Cl)c2Cl)C2=C(CCCC2=O)N1. The van der Waals surface area contributed by atoms with Crippen LogP contribution in [0.15, 0.2) is 40.7 Å². The van der Waals surface area contributed by atoms with Crippen LogP contribution in [0.1, 0.15) is 63.4 Å². The fourth-order valence-corrected chi connectivity index (χ4v) is 4.95.